The number of benzene rings is 2. The van der Waals surface area contributed by atoms with Gasteiger partial charge in [0.25, 0.3) is 0 Å². The largest absolute Gasteiger partial charge is 0.497 e. The van der Waals surface area contributed by atoms with Crippen LogP contribution in [-0.4, -0.2) is 36.4 Å². The predicted octanol–water partition coefficient (Wildman–Crippen LogP) is 5.65. The Morgan fingerprint density at radius 1 is 0.971 bits per heavy atom. The van der Waals surface area contributed by atoms with Crippen molar-refractivity contribution in [2.24, 2.45) is 0 Å². The fraction of sp³-hybridized carbons (Fsp3) is 0.517. The van der Waals surface area contributed by atoms with E-state index in [1.54, 1.807) is 12.0 Å². The first-order chi connectivity index (χ1) is 16.2. The summed E-state index contributed by atoms with van der Waals surface area (Å²) in [7, 11) is 1.63. The van der Waals surface area contributed by atoms with E-state index in [0.717, 1.165) is 29.7 Å². The van der Waals surface area contributed by atoms with Gasteiger partial charge in [0.2, 0.25) is 11.8 Å². The normalized spacial score (nSPS) is 12.2. The minimum Gasteiger partial charge on any atom is -0.497 e. The van der Waals surface area contributed by atoms with Crippen LogP contribution in [0.4, 0.5) is 0 Å². The number of rotatable bonds is 12. The quantitative estimate of drug-likeness (QED) is 0.411. The molecule has 0 saturated heterocycles. The van der Waals surface area contributed by atoms with Crippen LogP contribution in [0.15, 0.2) is 48.5 Å². The number of unbranched alkanes of at least 4 members (excludes halogenated alkanes) is 1. The van der Waals surface area contributed by atoms with Gasteiger partial charge in [0.15, 0.2) is 0 Å². The smallest absolute Gasteiger partial charge is 0.242 e. The van der Waals surface area contributed by atoms with Gasteiger partial charge in [0.05, 0.1) is 7.11 Å². The number of aryl methyl sites for hydroxylation is 1. The lowest BCUT2D eigenvalue weighted by molar-refractivity contribution is -0.141. The second kappa shape index (κ2) is 13.2. The van der Waals surface area contributed by atoms with Crippen LogP contribution >= 0.6 is 0 Å². The highest BCUT2D eigenvalue weighted by Gasteiger charge is 2.28. The molecule has 34 heavy (non-hydrogen) atoms. The lowest BCUT2D eigenvalue weighted by Gasteiger charge is -2.31. The third-order valence-corrected chi connectivity index (χ3v) is 6.17. The van der Waals surface area contributed by atoms with Crippen LogP contribution in [0.25, 0.3) is 0 Å². The SMILES string of the molecule is CCCCNC(=O)C(CC)N(Cc1ccc(OC)cc1)C(=O)CCc1ccc(C(C)(C)C)cc1. The maximum absolute atomic E-state index is 13.4. The summed E-state index contributed by atoms with van der Waals surface area (Å²) in [6.07, 6.45) is 3.53. The molecule has 0 spiro atoms. The zero-order chi connectivity index (χ0) is 25.1. The molecule has 2 rings (SSSR count). The van der Waals surface area contributed by atoms with E-state index in [0.29, 0.717) is 32.4 Å². The fourth-order valence-electron chi connectivity index (χ4n) is 3.92. The number of nitrogens with one attached hydrogen (secondary N) is 1. The number of hydrogen-bond donors (Lipinski definition) is 1. The molecule has 5 nitrogen and oxygen atoms in total. The highest BCUT2D eigenvalue weighted by molar-refractivity contribution is 5.87. The molecule has 0 saturated carbocycles. The van der Waals surface area contributed by atoms with Gasteiger partial charge < -0.3 is 15.0 Å². The molecule has 0 aliphatic rings. The van der Waals surface area contributed by atoms with Gasteiger partial charge in [-0.2, -0.15) is 0 Å². The molecule has 1 unspecified atom stereocenters. The third-order valence-electron chi connectivity index (χ3n) is 6.17. The minimum absolute atomic E-state index is 0.00629. The summed E-state index contributed by atoms with van der Waals surface area (Å²) >= 11 is 0. The summed E-state index contributed by atoms with van der Waals surface area (Å²) in [5.41, 5.74) is 3.48. The zero-order valence-electron chi connectivity index (χ0n) is 21.8. The van der Waals surface area contributed by atoms with Gasteiger partial charge in [-0.05, 0) is 53.5 Å². The molecule has 1 N–H and O–H groups in total. The van der Waals surface area contributed by atoms with Crippen molar-refractivity contribution in [3.8, 4) is 5.75 Å². The number of ether oxygens (including phenoxy) is 1. The first-order valence-electron chi connectivity index (χ1n) is 12.5. The lowest BCUT2D eigenvalue weighted by Crippen LogP contribution is -2.49. The van der Waals surface area contributed by atoms with Crippen molar-refractivity contribution in [2.75, 3.05) is 13.7 Å². The maximum atomic E-state index is 13.4. The summed E-state index contributed by atoms with van der Waals surface area (Å²) in [5, 5.41) is 3.02. The van der Waals surface area contributed by atoms with E-state index in [1.807, 2.05) is 31.2 Å². The monoisotopic (exact) mass is 466 g/mol. The molecule has 0 fully saturated rings. The Bertz CT molecular complexity index is 898. The van der Waals surface area contributed by atoms with E-state index in [4.69, 9.17) is 4.74 Å². The Morgan fingerprint density at radius 3 is 2.12 bits per heavy atom. The number of carbonyl (C=O) groups excluding carboxylic acids is 2. The van der Waals surface area contributed by atoms with Crippen LogP contribution in [0.3, 0.4) is 0 Å². The van der Waals surface area contributed by atoms with Crippen molar-refractivity contribution in [3.05, 3.63) is 65.2 Å². The van der Waals surface area contributed by atoms with Crippen LogP contribution < -0.4 is 10.1 Å². The van der Waals surface area contributed by atoms with Gasteiger partial charge >= 0.3 is 0 Å². The van der Waals surface area contributed by atoms with Crippen LogP contribution in [0.1, 0.15) is 77.0 Å². The zero-order valence-corrected chi connectivity index (χ0v) is 21.8. The first kappa shape index (κ1) is 27.4. The molecule has 2 aromatic carbocycles. The van der Waals surface area contributed by atoms with Crippen molar-refractivity contribution in [1.82, 2.24) is 10.2 Å². The van der Waals surface area contributed by atoms with E-state index in [-0.39, 0.29) is 17.2 Å². The molecule has 0 aliphatic carbocycles. The third kappa shape index (κ3) is 8.19. The van der Waals surface area contributed by atoms with Crippen molar-refractivity contribution in [1.29, 1.82) is 0 Å². The lowest BCUT2D eigenvalue weighted by atomic mass is 9.86. The second-order valence-corrected chi connectivity index (χ2v) is 9.89. The molecule has 0 aromatic heterocycles. The fourth-order valence-corrected chi connectivity index (χ4v) is 3.92. The second-order valence-electron chi connectivity index (χ2n) is 9.89. The molecule has 0 radical (unpaired) electrons. The summed E-state index contributed by atoms with van der Waals surface area (Å²) in [4.78, 5) is 28.1. The van der Waals surface area contributed by atoms with Gasteiger partial charge in [0.1, 0.15) is 11.8 Å². The number of carbonyl (C=O) groups is 2. The molecule has 2 amide bonds. The van der Waals surface area contributed by atoms with Crippen molar-refractivity contribution >= 4 is 11.8 Å². The number of hydrogen-bond acceptors (Lipinski definition) is 3. The standard InChI is InChI=1S/C29H42N2O3/c1-7-9-20-30-28(33)26(8-2)31(21-23-12-17-25(34-6)18-13-23)27(32)19-14-22-10-15-24(16-11-22)29(3,4)5/h10-13,15-18,26H,7-9,14,19-21H2,1-6H3,(H,30,33). The molecular weight excluding hydrogens is 424 g/mol. The van der Waals surface area contributed by atoms with E-state index >= 15 is 0 Å². The van der Waals surface area contributed by atoms with E-state index in [9.17, 15) is 9.59 Å². The van der Waals surface area contributed by atoms with Gasteiger partial charge in [-0.1, -0.05) is 77.4 Å². The highest BCUT2D eigenvalue weighted by Crippen LogP contribution is 2.23. The van der Waals surface area contributed by atoms with Crippen LogP contribution in [0.5, 0.6) is 5.75 Å². The maximum Gasteiger partial charge on any atom is 0.242 e. The Morgan fingerprint density at radius 2 is 1.59 bits per heavy atom. The van der Waals surface area contributed by atoms with Crippen LogP contribution in [-0.2, 0) is 28.0 Å². The van der Waals surface area contributed by atoms with Gasteiger partial charge in [-0.25, -0.2) is 0 Å². The van der Waals surface area contributed by atoms with Crippen molar-refractivity contribution in [3.63, 3.8) is 0 Å². The van der Waals surface area contributed by atoms with E-state index in [2.05, 4.69) is 57.3 Å². The highest BCUT2D eigenvalue weighted by atomic mass is 16.5. The van der Waals surface area contributed by atoms with Crippen LogP contribution in [0, 0.1) is 0 Å². The number of amides is 2. The Balaban J connectivity index is 2.16. The molecule has 186 valence electrons. The van der Waals surface area contributed by atoms with Crippen LogP contribution in [0.2, 0.25) is 0 Å². The average Bonchev–Trinajstić information content (AvgIpc) is 2.82. The first-order valence-corrected chi connectivity index (χ1v) is 12.5. The summed E-state index contributed by atoms with van der Waals surface area (Å²) in [5.74, 6) is 0.685. The Hall–Kier alpha value is -2.82. The molecule has 0 aliphatic heterocycles. The predicted molar refractivity (Wildman–Crippen MR) is 139 cm³/mol. The average molecular weight is 467 g/mol. The summed E-state index contributed by atoms with van der Waals surface area (Å²) < 4.78 is 5.26. The molecular formula is C29H42N2O3. The Labute approximate surface area is 205 Å². The van der Waals surface area contributed by atoms with E-state index < -0.39 is 6.04 Å². The molecule has 2 aromatic rings. The van der Waals surface area contributed by atoms with Gasteiger partial charge in [-0.3, -0.25) is 9.59 Å². The Kier molecular flexibility index (Phi) is 10.6. The molecule has 5 heteroatoms. The summed E-state index contributed by atoms with van der Waals surface area (Å²) in [6.45, 7) is 11.7. The van der Waals surface area contributed by atoms with E-state index in [1.165, 1.54) is 5.56 Å². The van der Waals surface area contributed by atoms with Crippen molar-refractivity contribution in [2.45, 2.75) is 84.7 Å². The molecule has 1 atom stereocenters. The minimum atomic E-state index is -0.491. The molecule has 0 heterocycles. The van der Waals surface area contributed by atoms with Gasteiger partial charge in [-0.15, -0.1) is 0 Å². The van der Waals surface area contributed by atoms with Gasteiger partial charge in [0, 0.05) is 19.5 Å². The topological polar surface area (TPSA) is 58.6 Å². The number of methoxy groups -OCH3 is 1. The van der Waals surface area contributed by atoms with Crippen molar-refractivity contribution < 1.29 is 14.3 Å². The summed E-state index contributed by atoms with van der Waals surface area (Å²) in [6, 6.07) is 15.7. The molecule has 0 bridgehead atoms. The number of nitrogens with zero attached hydrogens (tertiary/aromatic N) is 1.